The molecule has 0 saturated heterocycles. The van der Waals surface area contributed by atoms with Crippen LogP contribution in [0.3, 0.4) is 0 Å². The van der Waals surface area contributed by atoms with Gasteiger partial charge in [0, 0.05) is 17.2 Å². The van der Waals surface area contributed by atoms with Crippen molar-refractivity contribution in [3.05, 3.63) is 56.6 Å². The minimum Gasteiger partial charge on any atom is -0.487 e. The lowest BCUT2D eigenvalue weighted by atomic mass is 10.2. The van der Waals surface area contributed by atoms with Crippen molar-refractivity contribution in [2.24, 2.45) is 0 Å². The number of nitro benzene ring substituents is 1. The largest absolute Gasteiger partial charge is 0.487 e. The SMILES string of the molecule is CCOc1cc(Oc2ccc(Cl)cc2Cl)ccc1[N+](=O)[O-]. The van der Waals surface area contributed by atoms with E-state index in [1.807, 2.05) is 0 Å². The predicted molar refractivity (Wildman–Crippen MR) is 80.8 cm³/mol. The molecule has 0 spiro atoms. The summed E-state index contributed by atoms with van der Waals surface area (Å²) in [7, 11) is 0. The molecule has 0 aliphatic carbocycles. The van der Waals surface area contributed by atoms with Crippen molar-refractivity contribution in [3.8, 4) is 17.2 Å². The molecule has 21 heavy (non-hydrogen) atoms. The molecular formula is C14H11Cl2NO4. The lowest BCUT2D eigenvalue weighted by Crippen LogP contribution is -1.98. The fourth-order valence-electron chi connectivity index (χ4n) is 1.66. The zero-order chi connectivity index (χ0) is 15.4. The molecule has 0 amide bonds. The monoisotopic (exact) mass is 327 g/mol. The van der Waals surface area contributed by atoms with Gasteiger partial charge in [-0.15, -0.1) is 0 Å². The Hall–Kier alpha value is -1.98. The number of hydrogen-bond acceptors (Lipinski definition) is 4. The van der Waals surface area contributed by atoms with E-state index < -0.39 is 4.92 Å². The molecule has 7 heteroatoms. The van der Waals surface area contributed by atoms with Crippen molar-refractivity contribution >= 4 is 28.9 Å². The lowest BCUT2D eigenvalue weighted by Gasteiger charge is -2.10. The number of nitrogens with zero attached hydrogens (tertiary/aromatic N) is 1. The first kappa shape index (κ1) is 15.4. The van der Waals surface area contributed by atoms with Crippen LogP contribution in [-0.4, -0.2) is 11.5 Å². The molecule has 2 rings (SSSR count). The summed E-state index contributed by atoms with van der Waals surface area (Å²) in [6.07, 6.45) is 0. The Morgan fingerprint density at radius 1 is 1.14 bits per heavy atom. The third-order valence-corrected chi connectivity index (χ3v) is 3.08. The first-order valence-electron chi connectivity index (χ1n) is 6.05. The van der Waals surface area contributed by atoms with Gasteiger partial charge in [0.15, 0.2) is 0 Å². The third kappa shape index (κ3) is 3.77. The molecule has 2 aromatic carbocycles. The van der Waals surface area contributed by atoms with Crippen molar-refractivity contribution in [1.82, 2.24) is 0 Å². The van der Waals surface area contributed by atoms with E-state index in [4.69, 9.17) is 32.7 Å². The van der Waals surface area contributed by atoms with Crippen LogP contribution in [0.25, 0.3) is 0 Å². The molecule has 0 heterocycles. The van der Waals surface area contributed by atoms with Gasteiger partial charge in [-0.25, -0.2) is 0 Å². The Labute approximate surface area is 131 Å². The fraction of sp³-hybridized carbons (Fsp3) is 0.143. The van der Waals surface area contributed by atoms with Crippen LogP contribution in [0.4, 0.5) is 5.69 Å². The fourth-order valence-corrected chi connectivity index (χ4v) is 2.11. The molecule has 2 aromatic rings. The van der Waals surface area contributed by atoms with E-state index in [0.717, 1.165) is 0 Å². The van der Waals surface area contributed by atoms with Crippen LogP contribution >= 0.6 is 23.2 Å². The van der Waals surface area contributed by atoms with Crippen molar-refractivity contribution < 1.29 is 14.4 Å². The van der Waals surface area contributed by atoms with Crippen LogP contribution in [0.15, 0.2) is 36.4 Å². The van der Waals surface area contributed by atoms with E-state index in [1.54, 1.807) is 25.1 Å². The summed E-state index contributed by atoms with van der Waals surface area (Å²) in [6.45, 7) is 2.05. The molecule has 5 nitrogen and oxygen atoms in total. The molecule has 0 aromatic heterocycles. The van der Waals surface area contributed by atoms with Gasteiger partial charge in [0.2, 0.25) is 5.75 Å². The van der Waals surface area contributed by atoms with Crippen LogP contribution in [-0.2, 0) is 0 Å². The van der Waals surface area contributed by atoms with Crippen molar-refractivity contribution in [1.29, 1.82) is 0 Å². The summed E-state index contributed by atoms with van der Waals surface area (Å²) in [4.78, 5) is 10.4. The number of rotatable bonds is 5. The molecular weight excluding hydrogens is 317 g/mol. The Morgan fingerprint density at radius 2 is 1.90 bits per heavy atom. The van der Waals surface area contributed by atoms with E-state index in [9.17, 15) is 10.1 Å². The first-order chi connectivity index (χ1) is 10.0. The highest BCUT2D eigenvalue weighted by molar-refractivity contribution is 6.35. The second kappa shape index (κ2) is 6.65. The number of ether oxygens (including phenoxy) is 2. The van der Waals surface area contributed by atoms with Crippen LogP contribution in [0.2, 0.25) is 10.0 Å². The van der Waals surface area contributed by atoms with E-state index in [1.165, 1.54) is 18.2 Å². The Bertz CT molecular complexity index is 676. The quantitative estimate of drug-likeness (QED) is 0.566. The Balaban J connectivity index is 2.32. The van der Waals surface area contributed by atoms with E-state index in [0.29, 0.717) is 28.2 Å². The van der Waals surface area contributed by atoms with Gasteiger partial charge < -0.3 is 9.47 Å². The summed E-state index contributed by atoms with van der Waals surface area (Å²) in [5, 5.41) is 11.7. The topological polar surface area (TPSA) is 61.6 Å². The van der Waals surface area contributed by atoms with E-state index >= 15 is 0 Å². The summed E-state index contributed by atoms with van der Waals surface area (Å²) in [5.41, 5.74) is -0.119. The van der Waals surface area contributed by atoms with E-state index in [-0.39, 0.29) is 11.4 Å². The highest BCUT2D eigenvalue weighted by atomic mass is 35.5. The first-order valence-corrected chi connectivity index (χ1v) is 6.81. The molecule has 0 saturated carbocycles. The number of halogens is 2. The maximum atomic E-state index is 10.9. The van der Waals surface area contributed by atoms with Crippen molar-refractivity contribution in [2.45, 2.75) is 6.92 Å². The van der Waals surface area contributed by atoms with Crippen LogP contribution < -0.4 is 9.47 Å². The summed E-state index contributed by atoms with van der Waals surface area (Å²) in [5.74, 6) is 0.927. The summed E-state index contributed by atoms with van der Waals surface area (Å²) in [6, 6.07) is 9.06. The normalized spacial score (nSPS) is 10.2. The van der Waals surface area contributed by atoms with Gasteiger partial charge >= 0.3 is 5.69 Å². The van der Waals surface area contributed by atoms with E-state index in [2.05, 4.69) is 0 Å². The molecule has 0 aliphatic heterocycles. The Kier molecular flexibility index (Phi) is 4.88. The average Bonchev–Trinajstić information content (AvgIpc) is 2.42. The van der Waals surface area contributed by atoms with Crippen molar-refractivity contribution in [3.63, 3.8) is 0 Å². The molecule has 0 N–H and O–H groups in total. The van der Waals surface area contributed by atoms with Gasteiger partial charge in [-0.3, -0.25) is 10.1 Å². The summed E-state index contributed by atoms with van der Waals surface area (Å²) < 4.78 is 10.8. The predicted octanol–water partition coefficient (Wildman–Crippen LogP) is 5.09. The second-order valence-electron chi connectivity index (χ2n) is 4.00. The number of nitro groups is 1. The molecule has 0 unspecified atom stereocenters. The molecule has 0 atom stereocenters. The zero-order valence-electron chi connectivity index (χ0n) is 11.0. The highest BCUT2D eigenvalue weighted by Crippen LogP contribution is 2.36. The van der Waals surface area contributed by atoms with Gasteiger partial charge in [0.1, 0.15) is 11.5 Å². The molecule has 0 bridgehead atoms. The highest BCUT2D eigenvalue weighted by Gasteiger charge is 2.16. The Morgan fingerprint density at radius 3 is 2.52 bits per heavy atom. The lowest BCUT2D eigenvalue weighted by molar-refractivity contribution is -0.385. The van der Waals surface area contributed by atoms with Crippen LogP contribution in [0, 0.1) is 10.1 Å². The molecule has 0 aliphatic rings. The zero-order valence-corrected chi connectivity index (χ0v) is 12.5. The third-order valence-electron chi connectivity index (χ3n) is 2.55. The van der Waals surface area contributed by atoms with Gasteiger partial charge in [-0.2, -0.15) is 0 Å². The minimum absolute atomic E-state index is 0.119. The average molecular weight is 328 g/mol. The number of hydrogen-bond donors (Lipinski definition) is 0. The van der Waals surface area contributed by atoms with Gasteiger partial charge in [0.25, 0.3) is 0 Å². The minimum atomic E-state index is -0.510. The van der Waals surface area contributed by atoms with Crippen LogP contribution in [0.1, 0.15) is 6.92 Å². The molecule has 0 radical (unpaired) electrons. The smallest absolute Gasteiger partial charge is 0.311 e. The maximum Gasteiger partial charge on any atom is 0.311 e. The number of benzene rings is 2. The molecule has 110 valence electrons. The molecule has 0 fully saturated rings. The maximum absolute atomic E-state index is 10.9. The van der Waals surface area contributed by atoms with Gasteiger partial charge in [0.05, 0.1) is 16.6 Å². The standard InChI is InChI=1S/C14H11Cl2NO4/c1-2-20-14-8-10(4-5-12(14)17(18)19)21-13-6-3-9(15)7-11(13)16/h3-8H,2H2,1H3. The second-order valence-corrected chi connectivity index (χ2v) is 4.84. The summed E-state index contributed by atoms with van der Waals surface area (Å²) >= 11 is 11.8. The van der Waals surface area contributed by atoms with Crippen LogP contribution in [0.5, 0.6) is 17.2 Å². The van der Waals surface area contributed by atoms with Gasteiger partial charge in [-0.05, 0) is 31.2 Å². The van der Waals surface area contributed by atoms with Crippen molar-refractivity contribution in [2.75, 3.05) is 6.61 Å². The van der Waals surface area contributed by atoms with Gasteiger partial charge in [-0.1, -0.05) is 23.2 Å².